The Hall–Kier alpha value is -2.41. The minimum atomic E-state index is -3.77. The third-order valence-corrected chi connectivity index (χ3v) is 4.39. The van der Waals surface area contributed by atoms with Gasteiger partial charge in [-0.15, -0.1) is 0 Å². The summed E-state index contributed by atoms with van der Waals surface area (Å²) in [6.45, 7) is 3.53. The molecule has 0 aromatic heterocycles. The van der Waals surface area contributed by atoms with Crippen molar-refractivity contribution >= 4 is 21.4 Å². The molecule has 0 fully saturated rings. The van der Waals surface area contributed by atoms with Gasteiger partial charge in [-0.3, -0.25) is 14.8 Å². The van der Waals surface area contributed by atoms with Crippen molar-refractivity contribution < 1.29 is 13.3 Å². The Morgan fingerprint density at radius 2 is 1.67 bits per heavy atom. The lowest BCUT2D eigenvalue weighted by Crippen LogP contribution is -2.13. The highest BCUT2D eigenvalue weighted by molar-refractivity contribution is 7.92. The third-order valence-electron chi connectivity index (χ3n) is 3.01. The topological polar surface area (TPSA) is 89.3 Å². The second kappa shape index (κ2) is 5.53. The van der Waals surface area contributed by atoms with E-state index in [1.165, 1.54) is 30.3 Å². The number of rotatable bonds is 4. The van der Waals surface area contributed by atoms with Crippen LogP contribution in [0, 0.1) is 24.0 Å². The number of nitrogens with zero attached hydrogens (tertiary/aromatic N) is 1. The molecule has 1 N–H and O–H groups in total. The first-order valence-electron chi connectivity index (χ1n) is 6.14. The summed E-state index contributed by atoms with van der Waals surface area (Å²) in [7, 11) is -3.77. The fourth-order valence-corrected chi connectivity index (χ4v) is 2.88. The van der Waals surface area contributed by atoms with Crippen molar-refractivity contribution in [3.8, 4) is 0 Å². The molecule has 0 amide bonds. The number of hydrogen-bond acceptors (Lipinski definition) is 4. The number of non-ortho nitro benzene ring substituents is 1. The van der Waals surface area contributed by atoms with E-state index in [1.807, 2.05) is 6.92 Å². The fourth-order valence-electron chi connectivity index (χ4n) is 1.75. The van der Waals surface area contributed by atoms with Crippen LogP contribution in [0.15, 0.2) is 47.4 Å². The molecule has 2 rings (SSSR count). The van der Waals surface area contributed by atoms with E-state index in [-0.39, 0.29) is 16.3 Å². The van der Waals surface area contributed by atoms with Crippen molar-refractivity contribution in [3.05, 3.63) is 63.7 Å². The molecule has 0 radical (unpaired) electrons. The molecular weight excluding hydrogens is 292 g/mol. The quantitative estimate of drug-likeness (QED) is 0.694. The van der Waals surface area contributed by atoms with Crippen molar-refractivity contribution in [2.24, 2.45) is 0 Å². The molecule has 0 aliphatic heterocycles. The van der Waals surface area contributed by atoms with Crippen LogP contribution in [0.1, 0.15) is 11.1 Å². The van der Waals surface area contributed by atoms with Crippen molar-refractivity contribution in [1.29, 1.82) is 0 Å². The van der Waals surface area contributed by atoms with Crippen LogP contribution >= 0.6 is 0 Å². The van der Waals surface area contributed by atoms with Crippen molar-refractivity contribution in [3.63, 3.8) is 0 Å². The minimum Gasteiger partial charge on any atom is -0.279 e. The van der Waals surface area contributed by atoms with Gasteiger partial charge in [0.1, 0.15) is 0 Å². The lowest BCUT2D eigenvalue weighted by atomic mass is 10.2. The second-order valence-corrected chi connectivity index (χ2v) is 6.36. The van der Waals surface area contributed by atoms with E-state index in [0.29, 0.717) is 5.56 Å². The summed E-state index contributed by atoms with van der Waals surface area (Å²) >= 11 is 0. The number of nitrogens with one attached hydrogen (secondary N) is 1. The van der Waals surface area contributed by atoms with Gasteiger partial charge in [-0.2, -0.15) is 0 Å². The highest BCUT2D eigenvalue weighted by atomic mass is 32.2. The van der Waals surface area contributed by atoms with E-state index in [0.717, 1.165) is 5.56 Å². The number of anilines is 1. The standard InChI is InChI=1S/C14H14N2O4S/c1-10-3-7-13(8-4-10)21(19,20)15-14-9-12(16(17)18)6-5-11(14)2/h3-9,15H,1-2H3. The van der Waals surface area contributed by atoms with Crippen LogP contribution in [0.4, 0.5) is 11.4 Å². The Morgan fingerprint density at radius 1 is 1.05 bits per heavy atom. The van der Waals surface area contributed by atoms with Gasteiger partial charge in [-0.1, -0.05) is 23.8 Å². The van der Waals surface area contributed by atoms with Crippen molar-refractivity contribution in [2.75, 3.05) is 4.72 Å². The normalized spacial score (nSPS) is 11.1. The molecule has 0 bridgehead atoms. The highest BCUT2D eigenvalue weighted by Crippen LogP contribution is 2.24. The maximum absolute atomic E-state index is 12.3. The van der Waals surface area contributed by atoms with Gasteiger partial charge in [0.05, 0.1) is 15.5 Å². The fraction of sp³-hybridized carbons (Fsp3) is 0.143. The molecule has 21 heavy (non-hydrogen) atoms. The van der Waals surface area contributed by atoms with E-state index in [1.54, 1.807) is 19.1 Å². The molecule has 7 heteroatoms. The Morgan fingerprint density at radius 3 is 2.24 bits per heavy atom. The highest BCUT2D eigenvalue weighted by Gasteiger charge is 2.17. The maximum Gasteiger partial charge on any atom is 0.271 e. The number of nitro benzene ring substituents is 1. The summed E-state index contributed by atoms with van der Waals surface area (Å²) in [5.74, 6) is 0. The summed E-state index contributed by atoms with van der Waals surface area (Å²) in [6.07, 6.45) is 0. The zero-order chi connectivity index (χ0) is 15.6. The van der Waals surface area contributed by atoms with Crippen molar-refractivity contribution in [2.45, 2.75) is 18.7 Å². The van der Waals surface area contributed by atoms with Crippen LogP contribution in [-0.4, -0.2) is 13.3 Å². The number of nitro groups is 1. The zero-order valence-electron chi connectivity index (χ0n) is 11.5. The maximum atomic E-state index is 12.3. The monoisotopic (exact) mass is 306 g/mol. The van der Waals surface area contributed by atoms with Gasteiger partial charge in [0.25, 0.3) is 15.7 Å². The van der Waals surface area contributed by atoms with Crippen LogP contribution in [0.3, 0.4) is 0 Å². The van der Waals surface area contributed by atoms with Gasteiger partial charge in [0.15, 0.2) is 0 Å². The molecule has 0 aliphatic rings. The first-order chi connectivity index (χ1) is 9.79. The number of benzene rings is 2. The van der Waals surface area contributed by atoms with Gasteiger partial charge in [-0.05, 0) is 31.5 Å². The first-order valence-corrected chi connectivity index (χ1v) is 7.62. The Labute approximate surface area is 122 Å². The third kappa shape index (κ3) is 3.38. The Balaban J connectivity index is 2.38. The van der Waals surface area contributed by atoms with E-state index >= 15 is 0 Å². The Bertz CT molecular complexity index is 783. The first kappa shape index (κ1) is 15.0. The molecule has 0 spiro atoms. The largest absolute Gasteiger partial charge is 0.279 e. The lowest BCUT2D eigenvalue weighted by molar-refractivity contribution is -0.384. The summed E-state index contributed by atoms with van der Waals surface area (Å²) in [5, 5.41) is 10.8. The van der Waals surface area contributed by atoms with E-state index in [2.05, 4.69) is 4.72 Å². The predicted octanol–water partition coefficient (Wildman–Crippen LogP) is 3.01. The summed E-state index contributed by atoms with van der Waals surface area (Å²) in [5.41, 5.74) is 1.59. The summed E-state index contributed by atoms with van der Waals surface area (Å²) in [4.78, 5) is 10.3. The molecule has 2 aromatic carbocycles. The SMILES string of the molecule is Cc1ccc(S(=O)(=O)Nc2cc([N+](=O)[O-])ccc2C)cc1. The predicted molar refractivity (Wildman–Crippen MR) is 79.8 cm³/mol. The van der Waals surface area contributed by atoms with Crippen LogP contribution in [0.25, 0.3) is 0 Å². The van der Waals surface area contributed by atoms with Gasteiger partial charge < -0.3 is 0 Å². The molecular formula is C14H14N2O4S. The molecule has 0 heterocycles. The van der Waals surface area contributed by atoms with Crippen LogP contribution in [0.2, 0.25) is 0 Å². The minimum absolute atomic E-state index is 0.110. The summed E-state index contributed by atoms with van der Waals surface area (Å²) in [6, 6.07) is 10.4. The number of sulfonamides is 1. The van der Waals surface area contributed by atoms with E-state index in [9.17, 15) is 18.5 Å². The van der Waals surface area contributed by atoms with E-state index in [4.69, 9.17) is 0 Å². The molecule has 0 aliphatic carbocycles. The van der Waals surface area contributed by atoms with Crippen LogP contribution in [-0.2, 0) is 10.0 Å². The number of aryl methyl sites for hydroxylation is 2. The molecule has 2 aromatic rings. The van der Waals surface area contributed by atoms with Gasteiger partial charge in [0.2, 0.25) is 0 Å². The Kier molecular flexibility index (Phi) is 3.95. The average Bonchev–Trinajstić information content (AvgIpc) is 2.41. The van der Waals surface area contributed by atoms with Gasteiger partial charge in [0, 0.05) is 12.1 Å². The van der Waals surface area contributed by atoms with Gasteiger partial charge in [-0.25, -0.2) is 8.42 Å². The average molecular weight is 306 g/mol. The zero-order valence-corrected chi connectivity index (χ0v) is 12.3. The molecule has 6 nitrogen and oxygen atoms in total. The second-order valence-electron chi connectivity index (χ2n) is 4.67. The molecule has 110 valence electrons. The van der Waals surface area contributed by atoms with Crippen LogP contribution < -0.4 is 4.72 Å². The van der Waals surface area contributed by atoms with Gasteiger partial charge >= 0.3 is 0 Å². The number of hydrogen-bond donors (Lipinski definition) is 1. The molecule has 0 atom stereocenters. The molecule has 0 saturated heterocycles. The van der Waals surface area contributed by atoms with Crippen LogP contribution in [0.5, 0.6) is 0 Å². The lowest BCUT2D eigenvalue weighted by Gasteiger charge is -2.10. The molecule has 0 unspecified atom stereocenters. The summed E-state index contributed by atoms with van der Waals surface area (Å²) < 4.78 is 26.9. The molecule has 0 saturated carbocycles. The van der Waals surface area contributed by atoms with E-state index < -0.39 is 14.9 Å². The van der Waals surface area contributed by atoms with Crippen molar-refractivity contribution in [1.82, 2.24) is 0 Å². The smallest absolute Gasteiger partial charge is 0.271 e.